The summed E-state index contributed by atoms with van der Waals surface area (Å²) < 4.78 is 0. The van der Waals surface area contributed by atoms with Crippen molar-refractivity contribution in [1.29, 1.82) is 0 Å². The normalized spacial score (nSPS) is 11.2. The van der Waals surface area contributed by atoms with Crippen molar-refractivity contribution in [3.63, 3.8) is 0 Å². The average molecular weight is 713 g/mol. The Bertz CT molecular complexity index is 926. The molecule has 0 aromatic heterocycles. The van der Waals surface area contributed by atoms with Crippen LogP contribution in [0.5, 0.6) is 0 Å². The molecular formula is C45H80N2O4. The first-order valence-electron chi connectivity index (χ1n) is 21.9. The molecule has 0 aliphatic heterocycles. The molecule has 0 aliphatic carbocycles. The van der Waals surface area contributed by atoms with Crippen LogP contribution < -0.4 is 10.6 Å². The molecule has 51 heavy (non-hydrogen) atoms. The lowest BCUT2D eigenvalue weighted by molar-refractivity contribution is -0.117. The molecule has 0 unspecified atom stereocenters. The molecule has 0 spiro atoms. The van der Waals surface area contributed by atoms with E-state index in [1.807, 2.05) is 0 Å². The van der Waals surface area contributed by atoms with Gasteiger partial charge in [0.25, 0.3) is 0 Å². The minimum Gasteiger partial charge on any atom is -0.478 e. The van der Waals surface area contributed by atoms with Gasteiger partial charge in [-0.3, -0.25) is 9.59 Å². The number of unbranched alkanes of at least 4 members (excludes halogenated alkanes) is 30. The molecule has 294 valence electrons. The summed E-state index contributed by atoms with van der Waals surface area (Å²) in [4.78, 5) is 36.9. The summed E-state index contributed by atoms with van der Waals surface area (Å²) in [7, 11) is 0. The number of benzene rings is 1. The Labute approximate surface area is 314 Å². The molecule has 3 N–H and O–H groups in total. The molecule has 0 saturated heterocycles. The number of carboxylic acid groups (broad SMARTS) is 1. The molecule has 6 heteroatoms. The van der Waals surface area contributed by atoms with Crippen LogP contribution in [0.3, 0.4) is 0 Å². The second-order valence-corrected chi connectivity index (χ2v) is 15.3. The number of carbonyl (C=O) groups is 3. The van der Waals surface area contributed by atoms with E-state index in [0.717, 1.165) is 38.5 Å². The highest BCUT2D eigenvalue weighted by atomic mass is 16.4. The van der Waals surface area contributed by atoms with E-state index in [4.69, 9.17) is 0 Å². The van der Waals surface area contributed by atoms with E-state index in [-0.39, 0.29) is 17.4 Å². The zero-order valence-corrected chi connectivity index (χ0v) is 33.4. The predicted octanol–water partition coefficient (Wildman–Crippen LogP) is 14.6. The SMILES string of the molecule is CCCCCCCCCCCCCCCCCCC(=O)Nc1cc(NC(=O)CCCCCCCCCCCCCCCCCC)cc(C(=O)O)c1. The maximum Gasteiger partial charge on any atom is 0.335 e. The van der Waals surface area contributed by atoms with Crippen molar-refractivity contribution in [2.24, 2.45) is 0 Å². The van der Waals surface area contributed by atoms with Gasteiger partial charge in [-0.2, -0.15) is 0 Å². The number of nitrogens with one attached hydrogen (secondary N) is 2. The van der Waals surface area contributed by atoms with Crippen molar-refractivity contribution in [2.75, 3.05) is 10.6 Å². The van der Waals surface area contributed by atoms with Gasteiger partial charge in [-0.15, -0.1) is 0 Å². The molecule has 0 saturated carbocycles. The summed E-state index contributed by atoms with van der Waals surface area (Å²) in [5, 5.41) is 15.3. The van der Waals surface area contributed by atoms with Gasteiger partial charge in [-0.25, -0.2) is 4.79 Å². The minimum absolute atomic E-state index is 0.0490. The highest BCUT2D eigenvalue weighted by Gasteiger charge is 2.12. The monoisotopic (exact) mass is 713 g/mol. The third kappa shape index (κ3) is 29.9. The van der Waals surface area contributed by atoms with E-state index in [9.17, 15) is 19.5 Å². The Morgan fingerprint density at radius 1 is 0.392 bits per heavy atom. The van der Waals surface area contributed by atoms with E-state index in [2.05, 4.69) is 24.5 Å². The molecular weight excluding hydrogens is 633 g/mol. The minimum atomic E-state index is -1.09. The van der Waals surface area contributed by atoms with Gasteiger partial charge in [0, 0.05) is 24.2 Å². The molecule has 0 bridgehead atoms. The molecule has 0 heterocycles. The first kappa shape index (κ1) is 46.7. The topological polar surface area (TPSA) is 95.5 Å². The van der Waals surface area contributed by atoms with Crippen molar-refractivity contribution in [2.45, 2.75) is 232 Å². The van der Waals surface area contributed by atoms with Crippen LogP contribution in [0.25, 0.3) is 0 Å². The van der Waals surface area contributed by atoms with Gasteiger partial charge in [-0.1, -0.05) is 206 Å². The first-order chi connectivity index (χ1) is 25.0. The number of carbonyl (C=O) groups excluding carboxylic acids is 2. The zero-order valence-electron chi connectivity index (χ0n) is 33.4. The Morgan fingerprint density at radius 3 is 0.863 bits per heavy atom. The van der Waals surface area contributed by atoms with Gasteiger partial charge in [-0.05, 0) is 31.0 Å². The summed E-state index contributed by atoms with van der Waals surface area (Å²) in [5.41, 5.74) is 0.871. The molecule has 2 amide bonds. The maximum absolute atomic E-state index is 12.6. The second kappa shape index (κ2) is 34.7. The van der Waals surface area contributed by atoms with Crippen LogP contribution in [-0.2, 0) is 9.59 Å². The molecule has 1 rings (SSSR count). The number of hydrogen-bond acceptors (Lipinski definition) is 3. The molecule has 1 aromatic carbocycles. The summed E-state index contributed by atoms with van der Waals surface area (Å²) in [5.74, 6) is -1.32. The van der Waals surface area contributed by atoms with E-state index in [1.54, 1.807) is 6.07 Å². The molecule has 0 aliphatic rings. The number of aromatic carboxylic acids is 1. The third-order valence-electron chi connectivity index (χ3n) is 10.3. The first-order valence-corrected chi connectivity index (χ1v) is 21.9. The molecule has 1 aromatic rings. The molecule has 0 radical (unpaired) electrons. The largest absolute Gasteiger partial charge is 0.478 e. The van der Waals surface area contributed by atoms with Gasteiger partial charge in [0.2, 0.25) is 11.8 Å². The molecule has 6 nitrogen and oxygen atoms in total. The predicted molar refractivity (Wildman–Crippen MR) is 219 cm³/mol. The van der Waals surface area contributed by atoms with Crippen LogP contribution in [-0.4, -0.2) is 22.9 Å². The highest BCUT2D eigenvalue weighted by molar-refractivity contribution is 5.98. The standard InChI is InChI=1S/C45H80N2O4/c1-3-5-7-9-11-13-15-17-19-21-23-25-27-29-31-33-35-43(48)46-41-37-40(45(50)51)38-42(39-41)47-44(49)36-34-32-30-28-26-24-22-20-18-16-14-12-10-8-6-4-2/h37-39H,3-36H2,1-2H3,(H,46,48)(H,47,49)(H,50,51). The number of anilines is 2. The van der Waals surface area contributed by atoms with Crippen LogP contribution in [0, 0.1) is 0 Å². The van der Waals surface area contributed by atoms with Crippen LogP contribution in [0.2, 0.25) is 0 Å². The summed E-state index contributed by atoms with van der Waals surface area (Å²) >= 11 is 0. The summed E-state index contributed by atoms with van der Waals surface area (Å²) in [6, 6.07) is 4.57. The van der Waals surface area contributed by atoms with Gasteiger partial charge < -0.3 is 15.7 Å². The van der Waals surface area contributed by atoms with E-state index >= 15 is 0 Å². The Balaban J connectivity index is 2.12. The Hall–Kier alpha value is -2.37. The van der Waals surface area contributed by atoms with Crippen molar-refractivity contribution >= 4 is 29.2 Å². The second-order valence-electron chi connectivity index (χ2n) is 15.3. The van der Waals surface area contributed by atoms with Crippen LogP contribution in [0.1, 0.15) is 243 Å². The van der Waals surface area contributed by atoms with Gasteiger partial charge >= 0.3 is 5.97 Å². The van der Waals surface area contributed by atoms with Crippen LogP contribution >= 0.6 is 0 Å². The van der Waals surface area contributed by atoms with Crippen LogP contribution in [0.15, 0.2) is 18.2 Å². The Kier molecular flexibility index (Phi) is 31.7. The van der Waals surface area contributed by atoms with Crippen molar-refractivity contribution in [3.05, 3.63) is 23.8 Å². The average Bonchev–Trinajstić information content (AvgIpc) is 3.11. The van der Waals surface area contributed by atoms with Crippen LogP contribution in [0.4, 0.5) is 11.4 Å². The van der Waals surface area contributed by atoms with Gasteiger partial charge in [0.05, 0.1) is 5.56 Å². The van der Waals surface area contributed by atoms with Crippen molar-refractivity contribution in [1.82, 2.24) is 0 Å². The molecule has 0 atom stereocenters. The van der Waals surface area contributed by atoms with Gasteiger partial charge in [0.1, 0.15) is 0 Å². The lowest BCUT2D eigenvalue weighted by Gasteiger charge is -2.11. The van der Waals surface area contributed by atoms with Crippen molar-refractivity contribution < 1.29 is 19.5 Å². The van der Waals surface area contributed by atoms with Crippen molar-refractivity contribution in [3.8, 4) is 0 Å². The number of amides is 2. The quantitative estimate of drug-likeness (QED) is 0.0598. The van der Waals surface area contributed by atoms with E-state index < -0.39 is 5.97 Å². The van der Waals surface area contributed by atoms with Gasteiger partial charge in [0.15, 0.2) is 0 Å². The Morgan fingerprint density at radius 2 is 0.627 bits per heavy atom. The maximum atomic E-state index is 12.6. The fourth-order valence-corrected chi connectivity index (χ4v) is 7.01. The summed E-state index contributed by atoms with van der Waals surface area (Å²) in [6.07, 6.45) is 42.1. The number of carboxylic acids is 1. The lowest BCUT2D eigenvalue weighted by atomic mass is 10.0. The lowest BCUT2D eigenvalue weighted by Crippen LogP contribution is -2.14. The van der Waals surface area contributed by atoms with E-state index in [1.165, 1.54) is 179 Å². The van der Waals surface area contributed by atoms with E-state index in [0.29, 0.717) is 24.2 Å². The third-order valence-corrected chi connectivity index (χ3v) is 10.3. The highest BCUT2D eigenvalue weighted by Crippen LogP contribution is 2.21. The number of hydrogen-bond donors (Lipinski definition) is 3. The zero-order chi connectivity index (χ0) is 37.0. The fourth-order valence-electron chi connectivity index (χ4n) is 7.01. The fraction of sp³-hybridized carbons (Fsp3) is 0.800. The number of rotatable bonds is 37. The molecule has 0 fully saturated rings. The smallest absolute Gasteiger partial charge is 0.335 e. The summed E-state index contributed by atoms with van der Waals surface area (Å²) in [6.45, 7) is 4.54.